The molecule has 1 atom stereocenters. The van der Waals surface area contributed by atoms with E-state index < -0.39 is 0 Å². The molecule has 0 radical (unpaired) electrons. The molecule has 1 unspecified atom stereocenters. The van der Waals surface area contributed by atoms with Crippen molar-refractivity contribution in [3.8, 4) is 0 Å². The van der Waals surface area contributed by atoms with Gasteiger partial charge in [-0.2, -0.15) is 0 Å². The average Bonchev–Trinajstić information content (AvgIpc) is 2.45. The van der Waals surface area contributed by atoms with Gasteiger partial charge in [0.2, 0.25) is 0 Å². The molecule has 0 heterocycles. The first-order valence-electron chi connectivity index (χ1n) is 6.87. The number of halogens is 2. The molecule has 0 aliphatic rings. The number of benzene rings is 2. The van der Waals surface area contributed by atoms with E-state index >= 15 is 0 Å². The van der Waals surface area contributed by atoms with Crippen molar-refractivity contribution in [2.24, 2.45) is 0 Å². The summed E-state index contributed by atoms with van der Waals surface area (Å²) in [6.07, 6.45) is 0.998. The first-order chi connectivity index (χ1) is 9.63. The van der Waals surface area contributed by atoms with Gasteiger partial charge in [0.05, 0.1) is 6.04 Å². The Bertz CT molecular complexity index is 566. The molecule has 0 fully saturated rings. The third-order valence-electron chi connectivity index (χ3n) is 3.33. The highest BCUT2D eigenvalue weighted by Crippen LogP contribution is 2.27. The molecule has 0 amide bonds. The first kappa shape index (κ1) is 15.0. The van der Waals surface area contributed by atoms with Crippen LogP contribution < -0.4 is 5.32 Å². The van der Waals surface area contributed by atoms with Crippen LogP contribution in [0.2, 0.25) is 5.02 Å². The van der Waals surface area contributed by atoms with Crippen molar-refractivity contribution >= 4 is 11.6 Å². The van der Waals surface area contributed by atoms with E-state index in [1.165, 1.54) is 0 Å². The average molecular weight is 292 g/mol. The Kier molecular flexibility index (Phi) is 5.16. The number of rotatable bonds is 5. The highest BCUT2D eigenvalue weighted by Gasteiger charge is 2.18. The normalized spacial score (nSPS) is 12.4. The van der Waals surface area contributed by atoms with Gasteiger partial charge in [0, 0.05) is 10.6 Å². The monoisotopic (exact) mass is 291 g/mol. The summed E-state index contributed by atoms with van der Waals surface area (Å²) in [6, 6.07) is 12.9. The van der Waals surface area contributed by atoms with Crippen LogP contribution in [0.15, 0.2) is 42.5 Å². The van der Waals surface area contributed by atoms with Crippen molar-refractivity contribution in [3.05, 3.63) is 70.0 Å². The van der Waals surface area contributed by atoms with Crippen LogP contribution in [0.5, 0.6) is 0 Å². The van der Waals surface area contributed by atoms with E-state index in [-0.39, 0.29) is 11.9 Å². The number of hydrogen-bond acceptors (Lipinski definition) is 1. The van der Waals surface area contributed by atoms with Gasteiger partial charge in [-0.15, -0.1) is 0 Å². The second-order valence-electron chi connectivity index (χ2n) is 4.92. The molecule has 106 valence electrons. The van der Waals surface area contributed by atoms with Crippen LogP contribution in [0.4, 0.5) is 4.39 Å². The van der Waals surface area contributed by atoms with Crippen molar-refractivity contribution in [2.45, 2.75) is 26.3 Å². The summed E-state index contributed by atoms with van der Waals surface area (Å²) >= 11 is 5.93. The predicted octanol–water partition coefficient (Wildman–Crippen LogP) is 4.88. The van der Waals surface area contributed by atoms with E-state index in [0.717, 1.165) is 18.5 Å². The Morgan fingerprint density at radius 3 is 2.50 bits per heavy atom. The Balaban J connectivity index is 2.41. The van der Waals surface area contributed by atoms with Gasteiger partial charge in [-0.25, -0.2) is 4.39 Å². The molecule has 0 aliphatic heterocycles. The third kappa shape index (κ3) is 3.38. The third-order valence-corrected chi connectivity index (χ3v) is 3.59. The minimum Gasteiger partial charge on any atom is -0.306 e. The molecule has 1 nitrogen and oxygen atoms in total. The quantitative estimate of drug-likeness (QED) is 0.828. The van der Waals surface area contributed by atoms with Gasteiger partial charge in [0.15, 0.2) is 0 Å². The molecule has 0 bridgehead atoms. The molecule has 0 aliphatic carbocycles. The summed E-state index contributed by atoms with van der Waals surface area (Å²) in [5, 5.41) is 4.09. The number of aryl methyl sites for hydroxylation is 1. The van der Waals surface area contributed by atoms with Gasteiger partial charge < -0.3 is 5.32 Å². The zero-order chi connectivity index (χ0) is 14.5. The Morgan fingerprint density at radius 2 is 1.85 bits per heavy atom. The zero-order valence-electron chi connectivity index (χ0n) is 11.8. The van der Waals surface area contributed by atoms with E-state index in [0.29, 0.717) is 16.1 Å². The summed E-state index contributed by atoms with van der Waals surface area (Å²) in [5.74, 6) is -0.143. The Morgan fingerprint density at radius 1 is 1.15 bits per heavy atom. The molecule has 2 rings (SSSR count). The van der Waals surface area contributed by atoms with Crippen LogP contribution in [0.3, 0.4) is 0 Å². The lowest BCUT2D eigenvalue weighted by atomic mass is 9.96. The van der Waals surface area contributed by atoms with E-state index in [1.54, 1.807) is 13.0 Å². The fraction of sp³-hybridized carbons (Fsp3) is 0.294. The highest BCUT2D eigenvalue weighted by molar-refractivity contribution is 6.30. The van der Waals surface area contributed by atoms with E-state index in [4.69, 9.17) is 11.6 Å². The summed E-state index contributed by atoms with van der Waals surface area (Å²) in [4.78, 5) is 0. The van der Waals surface area contributed by atoms with Crippen LogP contribution in [0.1, 0.15) is 36.1 Å². The molecule has 2 aromatic rings. The van der Waals surface area contributed by atoms with Gasteiger partial charge in [-0.3, -0.25) is 0 Å². The lowest BCUT2D eigenvalue weighted by molar-refractivity contribution is 0.542. The highest BCUT2D eigenvalue weighted by atomic mass is 35.5. The predicted molar refractivity (Wildman–Crippen MR) is 82.7 cm³/mol. The topological polar surface area (TPSA) is 12.0 Å². The maximum atomic E-state index is 14.4. The van der Waals surface area contributed by atoms with Gasteiger partial charge in [0.25, 0.3) is 0 Å². The van der Waals surface area contributed by atoms with E-state index in [9.17, 15) is 4.39 Å². The molecular weight excluding hydrogens is 273 g/mol. The first-order valence-corrected chi connectivity index (χ1v) is 7.25. The minimum atomic E-state index is -0.146. The van der Waals surface area contributed by atoms with Gasteiger partial charge >= 0.3 is 0 Å². The fourth-order valence-electron chi connectivity index (χ4n) is 2.24. The maximum Gasteiger partial charge on any atom is 0.131 e. The van der Waals surface area contributed by atoms with E-state index in [1.807, 2.05) is 36.4 Å². The lowest BCUT2D eigenvalue weighted by Gasteiger charge is -2.21. The van der Waals surface area contributed by atoms with Crippen LogP contribution in [-0.4, -0.2) is 6.54 Å². The largest absolute Gasteiger partial charge is 0.306 e. The summed E-state index contributed by atoms with van der Waals surface area (Å²) in [7, 11) is 0. The lowest BCUT2D eigenvalue weighted by Crippen LogP contribution is -2.24. The van der Waals surface area contributed by atoms with Crippen molar-refractivity contribution in [3.63, 3.8) is 0 Å². The summed E-state index contributed by atoms with van der Waals surface area (Å²) in [6.45, 7) is 4.72. The molecule has 1 N–H and O–H groups in total. The standard InChI is InChI=1S/C17H19ClFN/c1-3-11-20-17(13-7-9-14(18)10-8-13)15-6-4-5-12(2)16(15)19/h4-10,17,20H,3,11H2,1-2H3. The Labute approximate surface area is 124 Å². The summed E-state index contributed by atoms with van der Waals surface area (Å²) < 4.78 is 14.4. The van der Waals surface area contributed by atoms with Crippen molar-refractivity contribution in [1.82, 2.24) is 5.32 Å². The van der Waals surface area contributed by atoms with Crippen LogP contribution >= 0.6 is 11.6 Å². The van der Waals surface area contributed by atoms with Crippen LogP contribution in [-0.2, 0) is 0 Å². The molecule has 0 saturated carbocycles. The summed E-state index contributed by atoms with van der Waals surface area (Å²) in [5.41, 5.74) is 2.37. The minimum absolute atomic E-state index is 0.143. The smallest absolute Gasteiger partial charge is 0.131 e. The second-order valence-corrected chi connectivity index (χ2v) is 5.35. The molecule has 0 spiro atoms. The number of nitrogens with one attached hydrogen (secondary N) is 1. The SMILES string of the molecule is CCCNC(c1ccc(Cl)cc1)c1cccc(C)c1F. The zero-order valence-corrected chi connectivity index (χ0v) is 12.5. The van der Waals surface area contributed by atoms with Crippen molar-refractivity contribution < 1.29 is 4.39 Å². The molecule has 0 aromatic heterocycles. The van der Waals surface area contributed by atoms with Crippen LogP contribution in [0.25, 0.3) is 0 Å². The van der Waals surface area contributed by atoms with Gasteiger partial charge in [-0.1, -0.05) is 48.9 Å². The second kappa shape index (κ2) is 6.87. The van der Waals surface area contributed by atoms with Gasteiger partial charge in [-0.05, 0) is 43.1 Å². The molecule has 3 heteroatoms. The molecular formula is C17H19ClFN. The van der Waals surface area contributed by atoms with E-state index in [2.05, 4.69) is 12.2 Å². The fourth-order valence-corrected chi connectivity index (χ4v) is 2.37. The van der Waals surface area contributed by atoms with Crippen LogP contribution in [0, 0.1) is 12.7 Å². The van der Waals surface area contributed by atoms with Crippen molar-refractivity contribution in [1.29, 1.82) is 0 Å². The maximum absolute atomic E-state index is 14.4. The molecule has 20 heavy (non-hydrogen) atoms. The molecule has 0 saturated heterocycles. The Hall–Kier alpha value is -1.38. The van der Waals surface area contributed by atoms with Gasteiger partial charge in [0.1, 0.15) is 5.82 Å². The van der Waals surface area contributed by atoms with Crippen molar-refractivity contribution in [2.75, 3.05) is 6.54 Å². The molecule has 2 aromatic carbocycles. The number of hydrogen-bond donors (Lipinski definition) is 1.